The number of rotatable bonds is 6. The summed E-state index contributed by atoms with van der Waals surface area (Å²) < 4.78 is 9.52. The molecule has 0 aromatic heterocycles. The summed E-state index contributed by atoms with van der Waals surface area (Å²) in [6, 6.07) is 5.28. The minimum absolute atomic E-state index is 0.0777. The van der Waals surface area contributed by atoms with Crippen LogP contribution < -0.4 is 15.4 Å². The number of benzene rings is 1. The molecule has 0 aliphatic heterocycles. The SMILES string of the molecule is CCC.COC(=O)NCCNC(C)c1ccc(O)c(OC)c1. The van der Waals surface area contributed by atoms with Crippen molar-refractivity contribution < 1.29 is 19.4 Å². The maximum absolute atomic E-state index is 10.8. The topological polar surface area (TPSA) is 79.8 Å². The molecule has 22 heavy (non-hydrogen) atoms. The van der Waals surface area contributed by atoms with Crippen LogP contribution in [0.4, 0.5) is 4.79 Å². The van der Waals surface area contributed by atoms with Crippen molar-refractivity contribution in [3.05, 3.63) is 23.8 Å². The number of nitrogens with one attached hydrogen (secondary N) is 2. The van der Waals surface area contributed by atoms with Crippen molar-refractivity contribution in [2.24, 2.45) is 0 Å². The highest BCUT2D eigenvalue weighted by Gasteiger charge is 2.08. The van der Waals surface area contributed by atoms with Crippen molar-refractivity contribution in [2.75, 3.05) is 27.3 Å². The molecule has 1 aromatic carbocycles. The van der Waals surface area contributed by atoms with E-state index in [1.54, 1.807) is 12.1 Å². The number of hydrogen-bond acceptors (Lipinski definition) is 5. The van der Waals surface area contributed by atoms with E-state index >= 15 is 0 Å². The number of carbonyl (C=O) groups is 1. The van der Waals surface area contributed by atoms with E-state index in [9.17, 15) is 9.90 Å². The van der Waals surface area contributed by atoms with Gasteiger partial charge in [-0.3, -0.25) is 0 Å². The average molecular weight is 312 g/mol. The number of hydrogen-bond donors (Lipinski definition) is 3. The molecular formula is C16H28N2O4. The molecule has 3 N–H and O–H groups in total. The van der Waals surface area contributed by atoms with Crippen LogP contribution in [0.1, 0.15) is 38.8 Å². The fraction of sp³-hybridized carbons (Fsp3) is 0.562. The summed E-state index contributed by atoms with van der Waals surface area (Å²) in [4.78, 5) is 10.8. The van der Waals surface area contributed by atoms with E-state index in [1.807, 2.05) is 13.0 Å². The van der Waals surface area contributed by atoms with E-state index in [1.165, 1.54) is 20.6 Å². The molecule has 1 aromatic rings. The fourth-order valence-electron chi connectivity index (χ4n) is 1.61. The van der Waals surface area contributed by atoms with E-state index in [4.69, 9.17) is 4.74 Å². The van der Waals surface area contributed by atoms with E-state index in [2.05, 4.69) is 29.2 Å². The zero-order valence-corrected chi connectivity index (χ0v) is 14.1. The molecule has 0 spiro atoms. The summed E-state index contributed by atoms with van der Waals surface area (Å²) in [7, 11) is 2.84. The van der Waals surface area contributed by atoms with Gasteiger partial charge in [-0.25, -0.2) is 4.79 Å². The van der Waals surface area contributed by atoms with Gasteiger partial charge in [0.15, 0.2) is 11.5 Å². The van der Waals surface area contributed by atoms with Crippen molar-refractivity contribution in [3.8, 4) is 11.5 Å². The lowest BCUT2D eigenvalue weighted by atomic mass is 10.1. The maximum atomic E-state index is 10.8. The summed E-state index contributed by atoms with van der Waals surface area (Å²) in [5, 5.41) is 15.3. The van der Waals surface area contributed by atoms with E-state index in [-0.39, 0.29) is 11.8 Å². The van der Waals surface area contributed by atoms with Gasteiger partial charge in [0.25, 0.3) is 0 Å². The second kappa shape index (κ2) is 11.7. The Kier molecular flexibility index (Phi) is 10.6. The Bertz CT molecular complexity index is 438. The average Bonchev–Trinajstić information content (AvgIpc) is 2.52. The number of carbonyl (C=O) groups excluding carboxylic acids is 1. The van der Waals surface area contributed by atoms with Gasteiger partial charge in [0.2, 0.25) is 0 Å². The highest BCUT2D eigenvalue weighted by molar-refractivity contribution is 5.66. The van der Waals surface area contributed by atoms with Crippen LogP contribution in [0.15, 0.2) is 18.2 Å². The summed E-state index contributed by atoms with van der Waals surface area (Å²) >= 11 is 0. The molecule has 1 atom stereocenters. The molecule has 6 heteroatoms. The first kappa shape index (κ1) is 20.1. The summed E-state index contributed by atoms with van der Waals surface area (Å²) in [6.07, 6.45) is 0.806. The summed E-state index contributed by atoms with van der Waals surface area (Å²) in [6.45, 7) is 7.33. The molecule has 0 heterocycles. The molecule has 1 amide bonds. The van der Waals surface area contributed by atoms with Crippen LogP contribution in [0.3, 0.4) is 0 Å². The highest BCUT2D eigenvalue weighted by atomic mass is 16.5. The monoisotopic (exact) mass is 312 g/mol. The lowest BCUT2D eigenvalue weighted by Crippen LogP contribution is -2.32. The molecular weight excluding hydrogens is 284 g/mol. The summed E-state index contributed by atoms with van der Waals surface area (Å²) in [5.74, 6) is 0.560. The standard InChI is InChI=1S/C13H20N2O4.C3H8/c1-9(14-6-7-15-13(17)19-3)10-4-5-11(16)12(8-10)18-2;1-3-2/h4-5,8-9,14,16H,6-7H2,1-3H3,(H,15,17);3H2,1-2H3. The van der Waals surface area contributed by atoms with Crippen LogP contribution in [-0.2, 0) is 4.74 Å². The Balaban J connectivity index is 0.00000135. The number of aromatic hydroxyl groups is 1. The number of ether oxygens (including phenoxy) is 2. The van der Waals surface area contributed by atoms with Gasteiger partial charge in [0, 0.05) is 19.1 Å². The number of alkyl carbamates (subject to hydrolysis) is 1. The van der Waals surface area contributed by atoms with E-state index in [0.717, 1.165) is 5.56 Å². The predicted molar refractivity (Wildman–Crippen MR) is 87.4 cm³/mol. The first-order valence-corrected chi connectivity index (χ1v) is 7.42. The molecule has 0 aliphatic carbocycles. The van der Waals surface area contributed by atoms with Gasteiger partial charge in [0.05, 0.1) is 14.2 Å². The van der Waals surface area contributed by atoms with Crippen molar-refractivity contribution in [3.63, 3.8) is 0 Å². The molecule has 0 fully saturated rings. The Hall–Kier alpha value is -1.95. The number of phenolic OH excluding ortho intramolecular Hbond substituents is 1. The molecule has 1 rings (SSSR count). The van der Waals surface area contributed by atoms with Crippen LogP contribution in [0.2, 0.25) is 0 Å². The predicted octanol–water partition coefficient (Wildman–Crippen LogP) is 2.82. The van der Waals surface area contributed by atoms with Crippen molar-refractivity contribution in [1.29, 1.82) is 0 Å². The second-order valence-corrected chi connectivity index (χ2v) is 4.73. The van der Waals surface area contributed by atoms with Gasteiger partial charge in [0.1, 0.15) is 0 Å². The van der Waals surface area contributed by atoms with Gasteiger partial charge >= 0.3 is 6.09 Å². The van der Waals surface area contributed by atoms with Gasteiger partial charge in [-0.2, -0.15) is 0 Å². The zero-order valence-electron chi connectivity index (χ0n) is 14.1. The number of amides is 1. The highest BCUT2D eigenvalue weighted by Crippen LogP contribution is 2.28. The molecule has 0 aliphatic rings. The third kappa shape index (κ3) is 7.73. The minimum atomic E-state index is -0.444. The van der Waals surface area contributed by atoms with E-state index in [0.29, 0.717) is 18.8 Å². The van der Waals surface area contributed by atoms with Gasteiger partial charge < -0.3 is 25.2 Å². The lowest BCUT2D eigenvalue weighted by molar-refractivity contribution is 0.171. The Morgan fingerprint density at radius 3 is 2.45 bits per heavy atom. The third-order valence-electron chi connectivity index (χ3n) is 2.73. The normalized spacial score (nSPS) is 11.0. The fourth-order valence-corrected chi connectivity index (χ4v) is 1.61. The van der Waals surface area contributed by atoms with Gasteiger partial charge in [-0.05, 0) is 24.6 Å². The van der Waals surface area contributed by atoms with Crippen LogP contribution in [0, 0.1) is 0 Å². The van der Waals surface area contributed by atoms with Crippen LogP contribution in [0.25, 0.3) is 0 Å². The molecule has 0 bridgehead atoms. The minimum Gasteiger partial charge on any atom is -0.504 e. The molecule has 0 saturated carbocycles. The second-order valence-electron chi connectivity index (χ2n) is 4.73. The quantitative estimate of drug-likeness (QED) is 0.704. The molecule has 0 radical (unpaired) electrons. The maximum Gasteiger partial charge on any atom is 0.406 e. The molecule has 0 saturated heterocycles. The molecule has 1 unspecified atom stereocenters. The van der Waals surface area contributed by atoms with Crippen molar-refractivity contribution in [1.82, 2.24) is 10.6 Å². The van der Waals surface area contributed by atoms with Crippen LogP contribution in [-0.4, -0.2) is 38.5 Å². The Morgan fingerprint density at radius 1 is 1.27 bits per heavy atom. The third-order valence-corrected chi connectivity index (χ3v) is 2.73. The Labute approximate surface area is 132 Å². The lowest BCUT2D eigenvalue weighted by Gasteiger charge is -2.15. The van der Waals surface area contributed by atoms with E-state index < -0.39 is 6.09 Å². The molecule has 6 nitrogen and oxygen atoms in total. The Morgan fingerprint density at radius 2 is 1.91 bits per heavy atom. The van der Waals surface area contributed by atoms with Crippen LogP contribution >= 0.6 is 0 Å². The molecule has 126 valence electrons. The van der Waals surface area contributed by atoms with Crippen molar-refractivity contribution >= 4 is 6.09 Å². The number of methoxy groups -OCH3 is 2. The number of phenols is 1. The largest absolute Gasteiger partial charge is 0.504 e. The van der Waals surface area contributed by atoms with Gasteiger partial charge in [-0.15, -0.1) is 0 Å². The van der Waals surface area contributed by atoms with Crippen molar-refractivity contribution in [2.45, 2.75) is 33.2 Å². The van der Waals surface area contributed by atoms with Crippen LogP contribution in [0.5, 0.6) is 11.5 Å². The first-order chi connectivity index (χ1) is 10.5. The smallest absolute Gasteiger partial charge is 0.406 e. The first-order valence-electron chi connectivity index (χ1n) is 7.42. The zero-order chi connectivity index (χ0) is 17.0. The summed E-state index contributed by atoms with van der Waals surface area (Å²) in [5.41, 5.74) is 0.993. The van der Waals surface area contributed by atoms with Gasteiger partial charge in [-0.1, -0.05) is 26.3 Å².